The van der Waals surface area contributed by atoms with Crippen LogP contribution in [0.15, 0.2) is 71.1 Å². The number of benzene rings is 2. The van der Waals surface area contributed by atoms with Crippen LogP contribution in [-0.4, -0.2) is 127 Å². The number of amides is 4. The predicted molar refractivity (Wildman–Crippen MR) is 288 cm³/mol. The Morgan fingerprint density at radius 2 is 1.08 bits per heavy atom. The van der Waals surface area contributed by atoms with Crippen LogP contribution < -0.4 is 5.32 Å². The van der Waals surface area contributed by atoms with E-state index in [0.29, 0.717) is 83.7 Å². The molecule has 0 aliphatic carbocycles. The van der Waals surface area contributed by atoms with E-state index in [1.807, 2.05) is 95.9 Å². The molecule has 396 valence electrons. The molecular formula is C56H74Cl2N6O9. The van der Waals surface area contributed by atoms with Gasteiger partial charge in [-0.25, -0.2) is 9.59 Å². The summed E-state index contributed by atoms with van der Waals surface area (Å²) in [6, 6.07) is 3.81. The Morgan fingerprint density at radius 3 is 1.63 bits per heavy atom. The molecule has 0 spiro atoms. The first-order chi connectivity index (χ1) is 34.9. The molecule has 4 heterocycles. The quantitative estimate of drug-likeness (QED) is 0.168. The maximum absolute atomic E-state index is 13.0. The van der Waals surface area contributed by atoms with E-state index in [-0.39, 0.29) is 50.1 Å². The number of carbonyl (C=O) groups excluding carboxylic acids is 5. The van der Waals surface area contributed by atoms with E-state index in [4.69, 9.17) is 42.4 Å². The number of nitrogens with zero attached hydrogens (tertiary/aromatic N) is 5. The van der Waals surface area contributed by atoms with Crippen molar-refractivity contribution in [3.05, 3.63) is 115 Å². The third kappa shape index (κ3) is 18.5. The number of fused-ring (bicyclic) bond motifs is 2. The van der Waals surface area contributed by atoms with Gasteiger partial charge in [-0.1, -0.05) is 82.1 Å². The van der Waals surface area contributed by atoms with Crippen molar-refractivity contribution in [1.82, 2.24) is 20.0 Å². The molecule has 2 aromatic carbocycles. The zero-order chi connectivity index (χ0) is 52.9. The van der Waals surface area contributed by atoms with Crippen LogP contribution in [0.1, 0.15) is 133 Å². The number of hydrogen-bond acceptors (Lipinski definition) is 11. The monoisotopic (exact) mass is 1040 g/mol. The maximum Gasteiger partial charge on any atom is 0.410 e. The number of likely N-dealkylation sites (tertiary alicyclic amines) is 1. The Bertz CT molecular complexity index is 2460. The highest BCUT2D eigenvalue weighted by molar-refractivity contribution is 6.33. The van der Waals surface area contributed by atoms with Crippen molar-refractivity contribution in [2.45, 2.75) is 125 Å². The summed E-state index contributed by atoms with van der Waals surface area (Å²) in [6.45, 7) is 16.7. The molecule has 17 heteroatoms. The van der Waals surface area contributed by atoms with Gasteiger partial charge < -0.3 is 39.2 Å². The average molecular weight is 1050 g/mol. The lowest BCUT2D eigenvalue weighted by Crippen LogP contribution is -2.52. The normalized spacial score (nSPS) is 20.3. The van der Waals surface area contributed by atoms with Crippen LogP contribution in [0.25, 0.3) is 0 Å². The Morgan fingerprint density at radius 1 is 0.616 bits per heavy atom. The Balaban J connectivity index is 0.000000276. The second-order valence-corrected chi connectivity index (χ2v) is 20.3. The van der Waals surface area contributed by atoms with Crippen LogP contribution in [0, 0.1) is 27.7 Å². The highest BCUT2D eigenvalue weighted by Gasteiger charge is 2.29. The average Bonchev–Trinajstić information content (AvgIpc) is 3.35. The molecule has 2 fully saturated rings. The van der Waals surface area contributed by atoms with Crippen LogP contribution in [0.3, 0.4) is 0 Å². The number of aryl methyl sites for hydroxylation is 4. The lowest BCUT2D eigenvalue weighted by Gasteiger charge is -2.35. The fraction of sp³-hybridized carbons (Fsp3) is 0.518. The van der Waals surface area contributed by atoms with Gasteiger partial charge in [-0.15, -0.1) is 0 Å². The van der Waals surface area contributed by atoms with E-state index in [2.05, 4.69) is 33.9 Å². The van der Waals surface area contributed by atoms with Gasteiger partial charge in [0.05, 0.1) is 23.6 Å². The minimum atomic E-state index is -0.573. The van der Waals surface area contributed by atoms with Crippen molar-refractivity contribution >= 4 is 64.4 Å². The van der Waals surface area contributed by atoms with E-state index in [1.165, 1.54) is 6.42 Å². The zero-order valence-corrected chi connectivity index (χ0v) is 45.3. The molecule has 0 saturated carbocycles. The number of halogens is 2. The third-order valence-corrected chi connectivity index (χ3v) is 13.5. The number of piperazine rings is 1. The standard InChI is InChI=1S/C30H40ClN3O6.C26H34ClN3O3/c1-21-18-22(2)27(31)24-19-23(12-10-8-6-7-9-11-17-38-28(36)26(21)24)32-39-20-25(35)33-13-15-34(16-14-33)29(37)40-30(3,4)5;1-19-16-20(2)25(27)22-17-21(29-33-18-23(31)30-14-10-7-11-15-30)12-8-5-3-4-6-9-13-28-26(32)24(19)22/h7,9-10,12,18H,6,8,11,13-17,19-20H2,1-5H3;4,6,8,12,16H,3,5,7,9-11,13-15,17-18H2,1-2H3,(H,28,32)/b9-7+,12-10+,32-23-;6-4+,12-8+,29-21+. The second kappa shape index (κ2) is 29.1. The minimum Gasteiger partial charge on any atom is -0.462 e. The number of esters is 1. The summed E-state index contributed by atoms with van der Waals surface area (Å²) in [4.78, 5) is 79.6. The molecule has 2 aromatic rings. The van der Waals surface area contributed by atoms with Crippen molar-refractivity contribution in [1.29, 1.82) is 0 Å². The van der Waals surface area contributed by atoms with Crippen molar-refractivity contribution in [3.63, 3.8) is 0 Å². The highest BCUT2D eigenvalue weighted by Crippen LogP contribution is 2.31. The highest BCUT2D eigenvalue weighted by atomic mass is 35.5. The molecule has 1 N–H and O–H groups in total. The summed E-state index contributed by atoms with van der Waals surface area (Å²) >= 11 is 13.4. The first kappa shape index (κ1) is 58.0. The minimum absolute atomic E-state index is 0.0430. The first-order valence-corrected chi connectivity index (χ1v) is 26.3. The number of oxime groups is 2. The molecule has 0 aromatic heterocycles. The van der Waals surface area contributed by atoms with Crippen LogP contribution in [0.2, 0.25) is 10.0 Å². The maximum atomic E-state index is 13.0. The summed E-state index contributed by atoms with van der Waals surface area (Å²) in [5.41, 5.74) is 6.35. The lowest BCUT2D eigenvalue weighted by molar-refractivity contribution is -0.138. The smallest absolute Gasteiger partial charge is 0.410 e. The van der Waals surface area contributed by atoms with E-state index in [9.17, 15) is 24.0 Å². The van der Waals surface area contributed by atoms with Gasteiger partial charge in [0.15, 0.2) is 13.2 Å². The van der Waals surface area contributed by atoms with Crippen molar-refractivity contribution in [2.24, 2.45) is 10.3 Å². The lowest BCUT2D eigenvalue weighted by atomic mass is 9.94. The Hall–Kier alpha value is -5.93. The third-order valence-electron chi connectivity index (χ3n) is 12.4. The second-order valence-electron chi connectivity index (χ2n) is 19.6. The number of cyclic esters (lactones) is 1. The molecule has 15 nitrogen and oxygen atoms in total. The van der Waals surface area contributed by atoms with E-state index in [0.717, 1.165) is 85.9 Å². The fourth-order valence-corrected chi connectivity index (χ4v) is 9.14. The summed E-state index contributed by atoms with van der Waals surface area (Å²) in [5, 5.41) is 12.6. The number of carbonyl (C=O) groups is 5. The largest absolute Gasteiger partial charge is 0.462 e. The van der Waals surface area contributed by atoms with Crippen LogP contribution in [0.5, 0.6) is 0 Å². The van der Waals surface area contributed by atoms with Gasteiger partial charge in [0, 0.05) is 74.3 Å². The van der Waals surface area contributed by atoms with E-state index in [1.54, 1.807) is 9.80 Å². The summed E-state index contributed by atoms with van der Waals surface area (Å²) in [5.74, 6) is -0.834. The summed E-state index contributed by atoms with van der Waals surface area (Å²) in [6.07, 6.45) is 24.3. The van der Waals surface area contributed by atoms with Gasteiger partial charge in [-0.3, -0.25) is 14.4 Å². The Kier molecular flexibility index (Phi) is 23.1. The zero-order valence-electron chi connectivity index (χ0n) is 43.8. The molecule has 0 atom stereocenters. The Labute approximate surface area is 441 Å². The number of nitrogens with one attached hydrogen (secondary N) is 1. The van der Waals surface area contributed by atoms with Gasteiger partial charge in [0.1, 0.15) is 5.60 Å². The van der Waals surface area contributed by atoms with E-state index < -0.39 is 11.6 Å². The molecule has 0 unspecified atom stereocenters. The topological polar surface area (TPSA) is 169 Å². The molecule has 4 aliphatic rings. The number of ether oxygens (including phenoxy) is 2. The first-order valence-electron chi connectivity index (χ1n) is 25.5. The summed E-state index contributed by atoms with van der Waals surface area (Å²) < 4.78 is 10.9. The summed E-state index contributed by atoms with van der Waals surface area (Å²) in [7, 11) is 0. The molecule has 2 saturated heterocycles. The molecule has 0 bridgehead atoms. The van der Waals surface area contributed by atoms with E-state index >= 15 is 0 Å². The molecule has 6 rings (SSSR count). The van der Waals surface area contributed by atoms with Crippen molar-refractivity contribution in [2.75, 3.05) is 65.6 Å². The molecule has 4 aliphatic heterocycles. The van der Waals surface area contributed by atoms with Crippen LogP contribution in [-0.2, 0) is 41.6 Å². The van der Waals surface area contributed by atoms with Gasteiger partial charge in [-0.2, -0.15) is 0 Å². The molecule has 0 radical (unpaired) electrons. The van der Waals surface area contributed by atoms with Crippen molar-refractivity contribution < 1.29 is 43.1 Å². The molecule has 4 amide bonds. The van der Waals surface area contributed by atoms with Gasteiger partial charge in [-0.05, 0) is 152 Å². The van der Waals surface area contributed by atoms with Crippen LogP contribution in [0.4, 0.5) is 4.79 Å². The SMILES string of the molecule is Cc1cc(C)c2c(c1Cl)CC(=N/OCC(=O)N1CCCCC1)/C=C/CC/C=C/CCNC2=O.Cc1cc(C)c2c(c1Cl)CC(=N\OCC(=O)N1CCN(C(=O)OC(C)(C)C)CC1)/C=C/CC/C=C/CCOC2=O. The van der Waals surface area contributed by atoms with Gasteiger partial charge in [0.25, 0.3) is 17.7 Å². The molecule has 73 heavy (non-hydrogen) atoms. The number of piperidine rings is 1. The molecular weight excluding hydrogens is 972 g/mol. The number of rotatable bonds is 6. The van der Waals surface area contributed by atoms with Crippen LogP contribution >= 0.6 is 23.2 Å². The number of hydrogen-bond donors (Lipinski definition) is 1. The predicted octanol–water partition coefficient (Wildman–Crippen LogP) is 10.3. The fourth-order valence-electron chi connectivity index (χ4n) is 8.71. The van der Waals surface area contributed by atoms with Crippen molar-refractivity contribution in [3.8, 4) is 0 Å². The van der Waals surface area contributed by atoms with Gasteiger partial charge >= 0.3 is 12.1 Å². The number of allylic oxidation sites excluding steroid dienone is 6. The van der Waals surface area contributed by atoms with Gasteiger partial charge in [0.2, 0.25) is 0 Å².